The molecule has 2 aromatic rings. The lowest BCUT2D eigenvalue weighted by Crippen LogP contribution is -2.37. The summed E-state index contributed by atoms with van der Waals surface area (Å²) in [5.74, 6) is 0.748. The van der Waals surface area contributed by atoms with Crippen molar-refractivity contribution < 1.29 is 14.9 Å². The van der Waals surface area contributed by atoms with Crippen molar-refractivity contribution in [2.75, 3.05) is 31.2 Å². The lowest BCUT2D eigenvalue weighted by atomic mass is 10.2. The molecule has 0 amide bonds. The molecule has 0 heterocycles. The first-order valence-electron chi connectivity index (χ1n) is 7.47. The molecule has 0 saturated heterocycles. The Labute approximate surface area is 131 Å². The van der Waals surface area contributed by atoms with Gasteiger partial charge in [-0.25, -0.2) is 0 Å². The fourth-order valence-corrected chi connectivity index (χ4v) is 2.22. The van der Waals surface area contributed by atoms with Crippen molar-refractivity contribution in [1.82, 2.24) is 0 Å². The smallest absolute Gasteiger partial charge is 0.119 e. The third-order valence-corrected chi connectivity index (χ3v) is 3.39. The molecule has 0 spiro atoms. The van der Waals surface area contributed by atoms with Gasteiger partial charge in [0.05, 0.1) is 6.61 Å². The summed E-state index contributed by atoms with van der Waals surface area (Å²) in [6.07, 6.45) is -0.631. The minimum atomic E-state index is -0.631. The predicted molar refractivity (Wildman–Crippen MR) is 88.4 cm³/mol. The molecule has 0 radical (unpaired) electrons. The quantitative estimate of drug-likeness (QED) is 0.785. The summed E-state index contributed by atoms with van der Waals surface area (Å²) < 4.78 is 5.60. The van der Waals surface area contributed by atoms with E-state index in [1.807, 2.05) is 66.4 Å². The maximum Gasteiger partial charge on any atom is 0.119 e. The Kier molecular flexibility index (Phi) is 6.25. The summed E-state index contributed by atoms with van der Waals surface area (Å²) in [5.41, 5.74) is 2.15. The molecule has 0 saturated carbocycles. The maximum absolute atomic E-state index is 10.2. The average molecular weight is 301 g/mol. The number of anilines is 1. The standard InChI is InChI=1S/C18H23NO3/c1-15-7-9-18(10-8-15)22-14-17(21)13-19(11-12-20)16-5-3-2-4-6-16/h2-10,17,20-21H,11-14H2,1H3. The van der Waals surface area contributed by atoms with Gasteiger partial charge in [-0.05, 0) is 31.2 Å². The van der Waals surface area contributed by atoms with E-state index in [2.05, 4.69) is 0 Å². The Balaban J connectivity index is 1.88. The summed E-state index contributed by atoms with van der Waals surface area (Å²) in [6.45, 7) is 3.17. The van der Waals surface area contributed by atoms with E-state index >= 15 is 0 Å². The molecule has 22 heavy (non-hydrogen) atoms. The van der Waals surface area contributed by atoms with Crippen LogP contribution in [0.4, 0.5) is 5.69 Å². The topological polar surface area (TPSA) is 52.9 Å². The van der Waals surface area contributed by atoms with Crippen molar-refractivity contribution in [3.05, 3.63) is 60.2 Å². The Bertz CT molecular complexity index is 542. The zero-order valence-electron chi connectivity index (χ0n) is 12.9. The molecular formula is C18H23NO3. The third-order valence-electron chi connectivity index (χ3n) is 3.39. The fourth-order valence-electron chi connectivity index (χ4n) is 2.22. The normalized spacial score (nSPS) is 12.0. The van der Waals surface area contributed by atoms with Gasteiger partial charge in [0.2, 0.25) is 0 Å². The van der Waals surface area contributed by atoms with Crippen LogP contribution in [0.1, 0.15) is 5.56 Å². The number of benzene rings is 2. The number of hydrogen-bond acceptors (Lipinski definition) is 4. The molecule has 4 nitrogen and oxygen atoms in total. The molecule has 118 valence electrons. The summed E-state index contributed by atoms with van der Waals surface area (Å²) in [4.78, 5) is 1.95. The second kappa shape index (κ2) is 8.41. The number of hydrogen-bond donors (Lipinski definition) is 2. The van der Waals surface area contributed by atoms with Crippen LogP contribution in [0, 0.1) is 6.92 Å². The Hall–Kier alpha value is -2.04. The highest BCUT2D eigenvalue weighted by molar-refractivity contribution is 5.46. The molecule has 2 N–H and O–H groups in total. The molecule has 2 aromatic carbocycles. The van der Waals surface area contributed by atoms with Crippen molar-refractivity contribution in [3.63, 3.8) is 0 Å². The van der Waals surface area contributed by atoms with Crippen LogP contribution in [0.3, 0.4) is 0 Å². The van der Waals surface area contributed by atoms with Crippen LogP contribution in [-0.2, 0) is 0 Å². The van der Waals surface area contributed by atoms with Crippen molar-refractivity contribution >= 4 is 5.69 Å². The number of aryl methyl sites for hydroxylation is 1. The van der Waals surface area contributed by atoms with Crippen LogP contribution in [0.25, 0.3) is 0 Å². The molecule has 1 unspecified atom stereocenters. The number of aliphatic hydroxyl groups excluding tert-OH is 2. The first-order valence-corrected chi connectivity index (χ1v) is 7.47. The van der Waals surface area contributed by atoms with Crippen LogP contribution in [-0.4, -0.2) is 42.6 Å². The molecule has 0 bridgehead atoms. The van der Waals surface area contributed by atoms with E-state index in [4.69, 9.17) is 4.74 Å². The minimum Gasteiger partial charge on any atom is -0.491 e. The lowest BCUT2D eigenvalue weighted by Gasteiger charge is -2.26. The van der Waals surface area contributed by atoms with Crippen molar-refractivity contribution in [2.24, 2.45) is 0 Å². The van der Waals surface area contributed by atoms with Crippen molar-refractivity contribution in [2.45, 2.75) is 13.0 Å². The van der Waals surface area contributed by atoms with Crippen molar-refractivity contribution in [3.8, 4) is 5.75 Å². The van der Waals surface area contributed by atoms with Gasteiger partial charge in [-0.3, -0.25) is 0 Å². The summed E-state index contributed by atoms with van der Waals surface area (Å²) in [6, 6.07) is 17.5. The van der Waals surface area contributed by atoms with Gasteiger partial charge in [-0.1, -0.05) is 35.9 Å². The second-order valence-electron chi connectivity index (χ2n) is 5.28. The van der Waals surface area contributed by atoms with E-state index < -0.39 is 6.10 Å². The molecule has 0 aromatic heterocycles. The van der Waals surface area contributed by atoms with E-state index in [-0.39, 0.29) is 13.2 Å². The van der Waals surface area contributed by atoms with Crippen LogP contribution in [0.5, 0.6) is 5.75 Å². The van der Waals surface area contributed by atoms with Gasteiger partial charge in [-0.2, -0.15) is 0 Å². The molecule has 2 rings (SSSR count). The Morgan fingerprint density at radius 1 is 1.05 bits per heavy atom. The molecule has 1 atom stereocenters. The van der Waals surface area contributed by atoms with E-state index in [0.29, 0.717) is 13.1 Å². The largest absolute Gasteiger partial charge is 0.491 e. The van der Waals surface area contributed by atoms with E-state index in [9.17, 15) is 10.2 Å². The minimum absolute atomic E-state index is 0.0421. The third kappa shape index (κ3) is 5.06. The average Bonchev–Trinajstić information content (AvgIpc) is 2.55. The van der Waals surface area contributed by atoms with Gasteiger partial charge in [0.25, 0.3) is 0 Å². The van der Waals surface area contributed by atoms with Crippen LogP contribution < -0.4 is 9.64 Å². The van der Waals surface area contributed by atoms with Crippen molar-refractivity contribution in [1.29, 1.82) is 0 Å². The Morgan fingerprint density at radius 2 is 1.73 bits per heavy atom. The van der Waals surface area contributed by atoms with E-state index in [0.717, 1.165) is 11.4 Å². The summed E-state index contributed by atoms with van der Waals surface area (Å²) in [5, 5.41) is 19.4. The summed E-state index contributed by atoms with van der Waals surface area (Å²) >= 11 is 0. The van der Waals surface area contributed by atoms with E-state index in [1.54, 1.807) is 0 Å². The number of nitrogens with zero attached hydrogens (tertiary/aromatic N) is 1. The summed E-state index contributed by atoms with van der Waals surface area (Å²) in [7, 11) is 0. The molecule has 0 aliphatic heterocycles. The van der Waals surface area contributed by atoms with Gasteiger partial charge >= 0.3 is 0 Å². The molecule has 0 aliphatic rings. The highest BCUT2D eigenvalue weighted by Crippen LogP contribution is 2.15. The highest BCUT2D eigenvalue weighted by atomic mass is 16.5. The zero-order valence-corrected chi connectivity index (χ0v) is 12.9. The highest BCUT2D eigenvalue weighted by Gasteiger charge is 2.12. The zero-order chi connectivity index (χ0) is 15.8. The number of aliphatic hydroxyl groups is 2. The molecule has 0 fully saturated rings. The van der Waals surface area contributed by atoms with Crippen LogP contribution in [0.2, 0.25) is 0 Å². The predicted octanol–water partition coefficient (Wildman–Crippen LogP) is 2.23. The first-order chi connectivity index (χ1) is 10.7. The van der Waals surface area contributed by atoms with Gasteiger partial charge < -0.3 is 19.8 Å². The molecule has 4 heteroatoms. The Morgan fingerprint density at radius 3 is 2.36 bits per heavy atom. The fraction of sp³-hybridized carbons (Fsp3) is 0.333. The second-order valence-corrected chi connectivity index (χ2v) is 5.28. The van der Waals surface area contributed by atoms with Crippen LogP contribution in [0.15, 0.2) is 54.6 Å². The van der Waals surface area contributed by atoms with Gasteiger partial charge in [-0.15, -0.1) is 0 Å². The molecule has 0 aliphatic carbocycles. The number of ether oxygens (including phenoxy) is 1. The van der Waals surface area contributed by atoms with E-state index in [1.165, 1.54) is 5.56 Å². The lowest BCUT2D eigenvalue weighted by molar-refractivity contribution is 0.111. The number of para-hydroxylation sites is 1. The van der Waals surface area contributed by atoms with Crippen LogP contribution >= 0.6 is 0 Å². The van der Waals surface area contributed by atoms with Gasteiger partial charge in [0, 0.05) is 18.8 Å². The SMILES string of the molecule is Cc1ccc(OCC(O)CN(CCO)c2ccccc2)cc1. The monoisotopic (exact) mass is 301 g/mol. The number of rotatable bonds is 8. The first kappa shape index (κ1) is 16.3. The van der Waals surface area contributed by atoms with Gasteiger partial charge in [0.15, 0.2) is 0 Å². The molecular weight excluding hydrogens is 278 g/mol. The maximum atomic E-state index is 10.2. The van der Waals surface area contributed by atoms with Gasteiger partial charge in [0.1, 0.15) is 18.5 Å².